The number of aryl methyl sites for hydroxylation is 1. The summed E-state index contributed by atoms with van der Waals surface area (Å²) < 4.78 is 39.5. The van der Waals surface area contributed by atoms with E-state index in [0.29, 0.717) is 16.8 Å². The average Bonchev–Trinajstić information content (AvgIpc) is 2.92. The van der Waals surface area contributed by atoms with Crippen LogP contribution in [0.4, 0.5) is 11.4 Å². The van der Waals surface area contributed by atoms with E-state index in [1.54, 1.807) is 30.3 Å². The van der Waals surface area contributed by atoms with Crippen LogP contribution < -0.4 is 14.4 Å². The van der Waals surface area contributed by atoms with Crippen molar-refractivity contribution in [2.24, 2.45) is 0 Å². The van der Waals surface area contributed by atoms with E-state index in [-0.39, 0.29) is 16.1 Å². The van der Waals surface area contributed by atoms with Gasteiger partial charge in [-0.2, -0.15) is 0 Å². The van der Waals surface area contributed by atoms with Crippen LogP contribution in [0.1, 0.15) is 21.5 Å². The first-order chi connectivity index (χ1) is 18.2. The summed E-state index contributed by atoms with van der Waals surface area (Å²) >= 11 is 0. The molecule has 0 radical (unpaired) electrons. The van der Waals surface area contributed by atoms with Crippen molar-refractivity contribution in [1.29, 1.82) is 0 Å². The van der Waals surface area contributed by atoms with Crippen molar-refractivity contribution < 1.29 is 27.5 Å². The Labute approximate surface area is 221 Å². The average molecular weight is 533 g/mol. The van der Waals surface area contributed by atoms with E-state index >= 15 is 0 Å². The summed E-state index contributed by atoms with van der Waals surface area (Å²) in [5.74, 6) is -0.894. The van der Waals surface area contributed by atoms with Gasteiger partial charge in [-0.1, -0.05) is 48.5 Å². The Morgan fingerprint density at radius 2 is 1.61 bits per heavy atom. The zero-order valence-corrected chi connectivity index (χ0v) is 22.3. The van der Waals surface area contributed by atoms with Crippen molar-refractivity contribution in [3.8, 4) is 5.75 Å². The molecular weight excluding hydrogens is 504 g/mol. The molecule has 0 aromatic heterocycles. The molecule has 0 saturated carbocycles. The van der Waals surface area contributed by atoms with Gasteiger partial charge in [0.1, 0.15) is 12.3 Å². The highest BCUT2D eigenvalue weighted by Crippen LogP contribution is 2.32. The van der Waals surface area contributed by atoms with Crippen molar-refractivity contribution in [3.63, 3.8) is 0 Å². The van der Waals surface area contributed by atoms with Crippen LogP contribution in [-0.4, -0.2) is 41.1 Å². The molecule has 4 aromatic rings. The van der Waals surface area contributed by atoms with E-state index in [1.807, 2.05) is 38.1 Å². The Bertz CT molecular complexity index is 1630. The highest BCUT2D eigenvalue weighted by atomic mass is 32.2. The maximum absolute atomic E-state index is 14.2. The Kier molecular flexibility index (Phi) is 7.68. The van der Waals surface area contributed by atoms with E-state index in [9.17, 15) is 18.0 Å². The van der Waals surface area contributed by atoms with E-state index in [2.05, 4.69) is 5.32 Å². The summed E-state index contributed by atoms with van der Waals surface area (Å²) in [6.07, 6.45) is 0. The number of sulfonamides is 1. The van der Waals surface area contributed by atoms with Crippen molar-refractivity contribution in [1.82, 2.24) is 0 Å². The number of esters is 1. The SMILES string of the molecule is COC(=O)c1ccc(OC)c(NC(=O)CN(c2cccc(C)c2C)S(=O)(=O)c2cccc3ccccc23)c1. The molecule has 9 heteroatoms. The van der Waals surface area contributed by atoms with Crippen LogP contribution in [0.3, 0.4) is 0 Å². The van der Waals surface area contributed by atoms with Gasteiger partial charge >= 0.3 is 5.97 Å². The third kappa shape index (κ3) is 5.19. The van der Waals surface area contributed by atoms with Crippen LogP contribution in [0.15, 0.2) is 83.8 Å². The molecule has 1 amide bonds. The van der Waals surface area contributed by atoms with Crippen molar-refractivity contribution in [2.45, 2.75) is 18.7 Å². The third-order valence-corrected chi connectivity index (χ3v) is 8.16. The highest BCUT2D eigenvalue weighted by Gasteiger charge is 2.30. The molecule has 0 aliphatic rings. The predicted molar refractivity (Wildman–Crippen MR) is 147 cm³/mol. The van der Waals surface area contributed by atoms with Crippen LogP contribution in [0, 0.1) is 13.8 Å². The zero-order valence-electron chi connectivity index (χ0n) is 21.5. The number of ether oxygens (including phenoxy) is 2. The zero-order chi connectivity index (χ0) is 27.4. The lowest BCUT2D eigenvalue weighted by Gasteiger charge is -2.27. The molecule has 0 atom stereocenters. The van der Waals surface area contributed by atoms with Gasteiger partial charge in [-0.15, -0.1) is 0 Å². The van der Waals surface area contributed by atoms with E-state index in [0.717, 1.165) is 20.8 Å². The fourth-order valence-electron chi connectivity index (χ4n) is 4.22. The number of carbonyl (C=O) groups is 2. The number of nitrogens with one attached hydrogen (secondary N) is 1. The van der Waals surface area contributed by atoms with Crippen LogP contribution in [0.25, 0.3) is 10.8 Å². The molecule has 4 aromatic carbocycles. The van der Waals surface area contributed by atoms with Gasteiger partial charge in [0.05, 0.1) is 36.1 Å². The second-order valence-electron chi connectivity index (χ2n) is 8.66. The minimum Gasteiger partial charge on any atom is -0.495 e. The molecule has 0 fully saturated rings. The number of rotatable bonds is 8. The minimum atomic E-state index is -4.18. The van der Waals surface area contributed by atoms with Gasteiger partial charge < -0.3 is 14.8 Å². The molecule has 1 N–H and O–H groups in total. The van der Waals surface area contributed by atoms with Crippen molar-refractivity contribution in [3.05, 3.63) is 95.6 Å². The topological polar surface area (TPSA) is 102 Å². The number of fused-ring (bicyclic) bond motifs is 1. The van der Waals surface area contributed by atoms with Gasteiger partial charge in [0.15, 0.2) is 0 Å². The lowest BCUT2D eigenvalue weighted by molar-refractivity contribution is -0.114. The second-order valence-corrected chi connectivity index (χ2v) is 10.5. The molecule has 4 rings (SSSR count). The standard InChI is InChI=1S/C29H28N2O6S/c1-19-9-7-13-25(20(19)2)31(38(34,35)27-14-8-11-21-10-5-6-12-23(21)27)18-28(32)30-24-17-22(29(33)37-4)15-16-26(24)36-3/h5-17H,18H2,1-4H3,(H,30,32). The first kappa shape index (κ1) is 26.7. The summed E-state index contributed by atoms with van der Waals surface area (Å²) in [6, 6.07) is 22.0. The fraction of sp³-hybridized carbons (Fsp3) is 0.172. The summed E-state index contributed by atoms with van der Waals surface area (Å²) in [7, 11) is -1.50. The highest BCUT2D eigenvalue weighted by molar-refractivity contribution is 7.93. The fourth-order valence-corrected chi connectivity index (χ4v) is 5.91. The van der Waals surface area contributed by atoms with E-state index in [4.69, 9.17) is 9.47 Å². The van der Waals surface area contributed by atoms with Gasteiger partial charge in [0.2, 0.25) is 5.91 Å². The molecule has 0 heterocycles. The lowest BCUT2D eigenvalue weighted by atomic mass is 10.1. The van der Waals surface area contributed by atoms with Gasteiger partial charge in [-0.25, -0.2) is 13.2 Å². The predicted octanol–water partition coefficient (Wildman–Crippen LogP) is 5.09. The van der Waals surface area contributed by atoms with Crippen LogP contribution in [0.2, 0.25) is 0 Å². The Morgan fingerprint density at radius 3 is 2.34 bits per heavy atom. The van der Waals surface area contributed by atoms with Crippen LogP contribution >= 0.6 is 0 Å². The lowest BCUT2D eigenvalue weighted by Crippen LogP contribution is -2.38. The first-order valence-corrected chi connectivity index (χ1v) is 13.2. The largest absolute Gasteiger partial charge is 0.495 e. The number of hydrogen-bond acceptors (Lipinski definition) is 6. The normalized spacial score (nSPS) is 11.2. The summed E-state index contributed by atoms with van der Waals surface area (Å²) in [6.45, 7) is 3.18. The smallest absolute Gasteiger partial charge is 0.337 e. The van der Waals surface area contributed by atoms with Crippen molar-refractivity contribution >= 4 is 44.0 Å². The molecule has 38 heavy (non-hydrogen) atoms. The van der Waals surface area contributed by atoms with Gasteiger partial charge in [-0.3, -0.25) is 9.10 Å². The first-order valence-electron chi connectivity index (χ1n) is 11.8. The number of hydrogen-bond donors (Lipinski definition) is 1. The molecule has 0 saturated heterocycles. The Morgan fingerprint density at radius 1 is 0.895 bits per heavy atom. The third-order valence-electron chi connectivity index (χ3n) is 6.34. The number of amides is 1. The molecule has 196 valence electrons. The molecule has 0 aliphatic carbocycles. The number of nitrogens with zero attached hydrogens (tertiary/aromatic N) is 1. The number of anilines is 2. The van der Waals surface area contributed by atoms with Crippen LogP contribution in [-0.2, 0) is 19.6 Å². The Balaban J connectivity index is 1.78. The van der Waals surface area contributed by atoms with Crippen LogP contribution in [0.5, 0.6) is 5.75 Å². The number of carbonyl (C=O) groups excluding carboxylic acids is 2. The maximum atomic E-state index is 14.2. The monoisotopic (exact) mass is 532 g/mol. The second kappa shape index (κ2) is 10.9. The molecule has 0 spiro atoms. The van der Waals surface area contributed by atoms with E-state index in [1.165, 1.54) is 38.5 Å². The number of benzene rings is 4. The molecule has 0 unspecified atom stereocenters. The van der Waals surface area contributed by atoms with Gasteiger partial charge in [-0.05, 0) is 60.7 Å². The number of methoxy groups -OCH3 is 2. The minimum absolute atomic E-state index is 0.0922. The van der Waals surface area contributed by atoms with Gasteiger partial charge in [0, 0.05) is 5.39 Å². The summed E-state index contributed by atoms with van der Waals surface area (Å²) in [5, 5.41) is 4.02. The Hall–Kier alpha value is -4.37. The van der Waals surface area contributed by atoms with E-state index < -0.39 is 28.4 Å². The molecular formula is C29H28N2O6S. The molecule has 0 bridgehead atoms. The van der Waals surface area contributed by atoms with Crippen molar-refractivity contribution in [2.75, 3.05) is 30.4 Å². The van der Waals surface area contributed by atoms with Gasteiger partial charge in [0.25, 0.3) is 10.0 Å². The molecule has 0 aliphatic heterocycles. The summed E-state index contributed by atoms with van der Waals surface area (Å²) in [4.78, 5) is 25.5. The maximum Gasteiger partial charge on any atom is 0.337 e. The summed E-state index contributed by atoms with van der Waals surface area (Å²) in [5.41, 5.74) is 2.42. The quantitative estimate of drug-likeness (QED) is 0.317. The molecule has 8 nitrogen and oxygen atoms in total.